The number of nitrogens with zero attached hydrogens (tertiary/aromatic N) is 1. The Hall–Kier alpha value is -3.07. The molecule has 3 aromatic rings. The third-order valence-electron chi connectivity index (χ3n) is 5.54. The maximum atomic E-state index is 13.2. The number of carbonyl (C=O) groups is 1. The van der Waals surface area contributed by atoms with Gasteiger partial charge < -0.3 is 9.64 Å². The minimum Gasteiger partial charge on any atom is -0.457 e. The summed E-state index contributed by atoms with van der Waals surface area (Å²) in [6.07, 6.45) is 5.00. The molecule has 0 heterocycles. The molecule has 0 aromatic heterocycles. The number of benzene rings is 3. The lowest BCUT2D eigenvalue weighted by Gasteiger charge is -2.30. The van der Waals surface area contributed by atoms with E-state index in [1.807, 2.05) is 71.6 Å². The van der Waals surface area contributed by atoms with Gasteiger partial charge in [0.15, 0.2) is 0 Å². The smallest absolute Gasteiger partial charge is 0.223 e. The predicted octanol–water partition coefficient (Wildman–Crippen LogP) is 7.54. The monoisotopic (exact) mass is 415 g/mol. The molecule has 0 radical (unpaired) electrons. The van der Waals surface area contributed by atoms with E-state index in [0.29, 0.717) is 13.0 Å². The molecule has 3 rings (SSSR count). The summed E-state index contributed by atoms with van der Waals surface area (Å²) in [5.74, 6) is 1.80. The van der Waals surface area contributed by atoms with Crippen molar-refractivity contribution < 1.29 is 9.53 Å². The molecule has 1 unspecified atom stereocenters. The molecule has 31 heavy (non-hydrogen) atoms. The Bertz CT molecular complexity index is 924. The molecule has 1 atom stereocenters. The molecule has 0 aliphatic carbocycles. The van der Waals surface area contributed by atoms with Crippen LogP contribution in [0.2, 0.25) is 0 Å². The zero-order chi connectivity index (χ0) is 21.9. The van der Waals surface area contributed by atoms with Crippen LogP contribution in [0.25, 0.3) is 0 Å². The Morgan fingerprint density at radius 2 is 1.52 bits per heavy atom. The lowest BCUT2D eigenvalue weighted by Crippen LogP contribution is -2.33. The van der Waals surface area contributed by atoms with Gasteiger partial charge in [0.05, 0.1) is 6.04 Å². The van der Waals surface area contributed by atoms with Gasteiger partial charge >= 0.3 is 0 Å². The molecule has 0 spiro atoms. The fourth-order valence-electron chi connectivity index (χ4n) is 3.73. The molecule has 0 aliphatic rings. The van der Waals surface area contributed by atoms with E-state index in [1.54, 1.807) is 0 Å². The van der Waals surface area contributed by atoms with Crippen molar-refractivity contribution in [1.29, 1.82) is 0 Å². The number of hydrogen-bond acceptors (Lipinski definition) is 2. The van der Waals surface area contributed by atoms with E-state index in [9.17, 15) is 4.79 Å². The third kappa shape index (κ3) is 6.99. The summed E-state index contributed by atoms with van der Waals surface area (Å²) in [4.78, 5) is 15.2. The van der Waals surface area contributed by atoms with Gasteiger partial charge in [-0.15, -0.1) is 0 Å². The Morgan fingerprint density at radius 1 is 0.839 bits per heavy atom. The molecule has 0 fully saturated rings. The van der Waals surface area contributed by atoms with Crippen LogP contribution in [0.5, 0.6) is 11.5 Å². The fourth-order valence-corrected chi connectivity index (χ4v) is 3.73. The highest BCUT2D eigenvalue weighted by atomic mass is 16.5. The molecule has 0 bridgehead atoms. The van der Waals surface area contributed by atoms with Gasteiger partial charge in [0, 0.05) is 13.0 Å². The average molecular weight is 416 g/mol. The van der Waals surface area contributed by atoms with Crippen molar-refractivity contribution in [1.82, 2.24) is 4.90 Å². The van der Waals surface area contributed by atoms with Crippen LogP contribution in [0.15, 0.2) is 84.9 Å². The largest absolute Gasteiger partial charge is 0.457 e. The van der Waals surface area contributed by atoms with Crippen molar-refractivity contribution in [2.45, 2.75) is 58.5 Å². The van der Waals surface area contributed by atoms with Crippen LogP contribution in [0, 0.1) is 0 Å². The van der Waals surface area contributed by atoms with Crippen molar-refractivity contribution in [3.8, 4) is 11.5 Å². The van der Waals surface area contributed by atoms with Crippen molar-refractivity contribution in [2.24, 2.45) is 0 Å². The minimum absolute atomic E-state index is 0.0126. The normalized spacial score (nSPS) is 11.7. The fraction of sp³-hybridized carbons (Fsp3) is 0.321. The summed E-state index contributed by atoms with van der Waals surface area (Å²) in [6, 6.07) is 28.1. The van der Waals surface area contributed by atoms with Crippen LogP contribution in [-0.2, 0) is 11.3 Å². The van der Waals surface area contributed by atoms with E-state index in [0.717, 1.165) is 35.5 Å². The summed E-state index contributed by atoms with van der Waals surface area (Å²) < 4.78 is 5.99. The maximum absolute atomic E-state index is 13.2. The van der Waals surface area contributed by atoms with Gasteiger partial charge in [-0.3, -0.25) is 4.79 Å². The lowest BCUT2D eigenvalue weighted by atomic mass is 10.0. The van der Waals surface area contributed by atoms with Gasteiger partial charge in [-0.05, 0) is 48.7 Å². The minimum atomic E-state index is 0.0126. The van der Waals surface area contributed by atoms with Crippen molar-refractivity contribution in [2.75, 3.05) is 0 Å². The van der Waals surface area contributed by atoms with E-state index in [1.165, 1.54) is 12.8 Å². The number of ether oxygens (including phenoxy) is 1. The third-order valence-corrected chi connectivity index (χ3v) is 5.54. The van der Waals surface area contributed by atoms with Crippen molar-refractivity contribution in [3.05, 3.63) is 96.1 Å². The summed E-state index contributed by atoms with van der Waals surface area (Å²) >= 11 is 0. The predicted molar refractivity (Wildman–Crippen MR) is 127 cm³/mol. The molecule has 3 heteroatoms. The molecular formula is C28H33NO2. The Balaban J connectivity index is 1.75. The first-order valence-electron chi connectivity index (χ1n) is 11.3. The zero-order valence-corrected chi connectivity index (χ0v) is 18.7. The van der Waals surface area contributed by atoms with Crippen LogP contribution in [-0.4, -0.2) is 10.8 Å². The maximum Gasteiger partial charge on any atom is 0.223 e. The van der Waals surface area contributed by atoms with E-state index in [4.69, 9.17) is 4.74 Å². The first-order valence-corrected chi connectivity index (χ1v) is 11.3. The van der Waals surface area contributed by atoms with Crippen LogP contribution in [0.3, 0.4) is 0 Å². The number of amides is 1. The van der Waals surface area contributed by atoms with Gasteiger partial charge in [0.25, 0.3) is 0 Å². The first kappa shape index (κ1) is 22.6. The van der Waals surface area contributed by atoms with Gasteiger partial charge in [-0.1, -0.05) is 86.8 Å². The Morgan fingerprint density at radius 3 is 2.23 bits per heavy atom. The van der Waals surface area contributed by atoms with Crippen LogP contribution >= 0.6 is 0 Å². The molecule has 3 aromatic carbocycles. The highest BCUT2D eigenvalue weighted by Gasteiger charge is 2.21. The molecule has 0 N–H and O–H groups in total. The zero-order valence-electron chi connectivity index (χ0n) is 18.7. The highest BCUT2D eigenvalue weighted by molar-refractivity contribution is 5.76. The molecule has 0 aliphatic heterocycles. The van der Waals surface area contributed by atoms with Crippen LogP contribution < -0.4 is 4.74 Å². The van der Waals surface area contributed by atoms with Gasteiger partial charge in [0.1, 0.15) is 11.5 Å². The van der Waals surface area contributed by atoms with Crippen LogP contribution in [0.4, 0.5) is 0 Å². The number of rotatable bonds is 11. The standard InChI is InChI=1S/C28H33NO2/c1-3-4-5-12-20-28(30)29(23(2)25-15-8-6-9-16-25)22-24-14-13-19-27(21-24)31-26-17-10-7-11-18-26/h6-11,13-19,21,23H,3-5,12,20,22H2,1-2H3. The van der Waals surface area contributed by atoms with E-state index >= 15 is 0 Å². The van der Waals surface area contributed by atoms with Crippen molar-refractivity contribution >= 4 is 5.91 Å². The average Bonchev–Trinajstić information content (AvgIpc) is 2.81. The first-order chi connectivity index (χ1) is 15.2. The van der Waals surface area contributed by atoms with E-state index in [2.05, 4.69) is 32.0 Å². The lowest BCUT2D eigenvalue weighted by molar-refractivity contribution is -0.134. The number of carbonyl (C=O) groups excluding carboxylic acids is 1. The SMILES string of the molecule is CCCCCCC(=O)N(Cc1cccc(Oc2ccccc2)c1)C(C)c1ccccc1. The summed E-state index contributed by atoms with van der Waals surface area (Å²) in [7, 11) is 0. The van der Waals surface area contributed by atoms with Gasteiger partial charge in [0.2, 0.25) is 5.91 Å². The van der Waals surface area contributed by atoms with Gasteiger partial charge in [-0.25, -0.2) is 0 Å². The summed E-state index contributed by atoms with van der Waals surface area (Å²) in [5.41, 5.74) is 2.22. The Kier molecular flexibility index (Phi) is 8.71. The summed E-state index contributed by atoms with van der Waals surface area (Å²) in [5, 5.41) is 0. The molecule has 1 amide bonds. The molecule has 0 saturated heterocycles. The topological polar surface area (TPSA) is 29.5 Å². The number of para-hydroxylation sites is 1. The quantitative estimate of drug-likeness (QED) is 0.303. The molecule has 162 valence electrons. The van der Waals surface area contributed by atoms with Crippen LogP contribution in [0.1, 0.15) is 63.1 Å². The van der Waals surface area contributed by atoms with Gasteiger partial charge in [-0.2, -0.15) is 0 Å². The van der Waals surface area contributed by atoms with E-state index in [-0.39, 0.29) is 11.9 Å². The van der Waals surface area contributed by atoms with Crippen molar-refractivity contribution in [3.63, 3.8) is 0 Å². The second-order valence-corrected chi connectivity index (χ2v) is 7.98. The molecule has 0 saturated carbocycles. The Labute approximate surface area is 186 Å². The number of hydrogen-bond donors (Lipinski definition) is 0. The molecular weight excluding hydrogens is 382 g/mol. The number of unbranched alkanes of at least 4 members (excludes halogenated alkanes) is 3. The summed E-state index contributed by atoms with van der Waals surface area (Å²) in [6.45, 7) is 4.87. The molecule has 3 nitrogen and oxygen atoms in total. The highest BCUT2D eigenvalue weighted by Crippen LogP contribution is 2.27. The van der Waals surface area contributed by atoms with E-state index < -0.39 is 0 Å². The second-order valence-electron chi connectivity index (χ2n) is 7.98. The second kappa shape index (κ2) is 11.9.